The lowest BCUT2D eigenvalue weighted by atomic mass is 9.97. The summed E-state index contributed by atoms with van der Waals surface area (Å²) in [5.41, 5.74) is -0.0425. The number of anilines is 1. The number of nitro groups is 1. The van der Waals surface area contributed by atoms with Gasteiger partial charge in [0.2, 0.25) is 0 Å². The minimum absolute atomic E-state index is 0.132. The molecule has 1 saturated heterocycles. The number of nitro benzene ring substituents is 1. The van der Waals surface area contributed by atoms with Crippen molar-refractivity contribution in [2.24, 2.45) is 5.92 Å². The number of carbonyl (C=O) groups is 2. The van der Waals surface area contributed by atoms with E-state index in [9.17, 15) is 19.7 Å². The molecule has 0 unspecified atom stereocenters. The van der Waals surface area contributed by atoms with Crippen LogP contribution < -0.4 is 5.32 Å². The summed E-state index contributed by atoms with van der Waals surface area (Å²) in [6.07, 6.45) is 0.777. The number of likely N-dealkylation sites (tertiary alicyclic amines) is 1. The lowest BCUT2D eigenvalue weighted by Crippen LogP contribution is -2.42. The van der Waals surface area contributed by atoms with E-state index in [1.54, 1.807) is 6.07 Å². The van der Waals surface area contributed by atoms with Crippen LogP contribution >= 0.6 is 0 Å². The lowest BCUT2D eigenvalue weighted by Gasteiger charge is -2.30. The van der Waals surface area contributed by atoms with Crippen molar-refractivity contribution in [1.29, 1.82) is 0 Å². The van der Waals surface area contributed by atoms with E-state index in [1.807, 2.05) is 0 Å². The highest BCUT2D eigenvalue weighted by Gasteiger charge is 2.27. The predicted molar refractivity (Wildman–Crippen MR) is 74.0 cm³/mol. The molecule has 2 N–H and O–H groups in total. The van der Waals surface area contributed by atoms with E-state index in [2.05, 4.69) is 5.32 Å². The molecule has 0 spiro atoms. The highest BCUT2D eigenvalue weighted by Crippen LogP contribution is 2.24. The fourth-order valence-electron chi connectivity index (χ4n) is 2.26. The van der Waals surface area contributed by atoms with Gasteiger partial charge in [0.15, 0.2) is 0 Å². The topological polar surface area (TPSA) is 113 Å². The summed E-state index contributed by atoms with van der Waals surface area (Å²) in [5.74, 6) is -1.28. The lowest BCUT2D eigenvalue weighted by molar-refractivity contribution is -0.383. The van der Waals surface area contributed by atoms with Crippen LogP contribution in [-0.4, -0.2) is 40.0 Å². The Labute approximate surface area is 120 Å². The number of carboxylic acid groups (broad SMARTS) is 1. The van der Waals surface area contributed by atoms with E-state index in [0.717, 1.165) is 0 Å². The van der Waals surface area contributed by atoms with Crippen LogP contribution in [-0.2, 0) is 4.79 Å². The van der Waals surface area contributed by atoms with Crippen LogP contribution in [0.2, 0.25) is 0 Å². The van der Waals surface area contributed by atoms with Crippen molar-refractivity contribution in [1.82, 2.24) is 4.90 Å². The molecule has 1 fully saturated rings. The molecule has 1 heterocycles. The standard InChI is InChI=1S/C13H15N3O5/c17-12(18)9-5-7-15(8-6-9)13(19)14-10-3-1-2-4-11(10)16(20)21/h1-4,9H,5-8H2,(H,14,19)(H,17,18). The average Bonchev–Trinajstić information content (AvgIpc) is 2.47. The van der Waals surface area contributed by atoms with Gasteiger partial charge >= 0.3 is 12.0 Å². The largest absolute Gasteiger partial charge is 0.481 e. The first-order valence-corrected chi connectivity index (χ1v) is 6.51. The van der Waals surface area contributed by atoms with Crippen molar-refractivity contribution in [3.63, 3.8) is 0 Å². The first kappa shape index (κ1) is 14.8. The zero-order valence-electron chi connectivity index (χ0n) is 11.2. The van der Waals surface area contributed by atoms with E-state index in [-0.39, 0.29) is 11.4 Å². The zero-order chi connectivity index (χ0) is 15.4. The van der Waals surface area contributed by atoms with Crippen molar-refractivity contribution in [2.75, 3.05) is 18.4 Å². The van der Waals surface area contributed by atoms with Crippen molar-refractivity contribution >= 4 is 23.4 Å². The van der Waals surface area contributed by atoms with Crippen LogP contribution in [0.5, 0.6) is 0 Å². The van der Waals surface area contributed by atoms with E-state index in [0.29, 0.717) is 25.9 Å². The molecule has 0 bridgehead atoms. The number of nitrogens with zero attached hydrogens (tertiary/aromatic N) is 2. The Hall–Kier alpha value is -2.64. The van der Waals surface area contributed by atoms with Gasteiger partial charge in [0.25, 0.3) is 5.69 Å². The summed E-state index contributed by atoms with van der Waals surface area (Å²) in [6.45, 7) is 0.646. The van der Waals surface area contributed by atoms with E-state index >= 15 is 0 Å². The molecule has 1 aliphatic rings. The van der Waals surface area contributed by atoms with Crippen LogP contribution in [0.15, 0.2) is 24.3 Å². The number of rotatable bonds is 3. The number of nitrogens with one attached hydrogen (secondary N) is 1. The van der Waals surface area contributed by atoms with Gasteiger partial charge in [-0.3, -0.25) is 14.9 Å². The quantitative estimate of drug-likeness (QED) is 0.653. The molecular formula is C13H15N3O5. The zero-order valence-corrected chi connectivity index (χ0v) is 11.2. The molecule has 0 aromatic heterocycles. The predicted octanol–water partition coefficient (Wildman–Crippen LogP) is 1.92. The van der Waals surface area contributed by atoms with Crippen LogP contribution in [0, 0.1) is 16.0 Å². The number of benzene rings is 1. The van der Waals surface area contributed by atoms with Crippen molar-refractivity contribution in [3.05, 3.63) is 34.4 Å². The molecule has 1 aromatic rings. The van der Waals surface area contributed by atoms with Gasteiger partial charge in [-0.25, -0.2) is 4.79 Å². The maximum atomic E-state index is 12.1. The average molecular weight is 293 g/mol. The minimum Gasteiger partial charge on any atom is -0.481 e. The fraction of sp³-hybridized carbons (Fsp3) is 0.385. The molecule has 1 aromatic carbocycles. The molecular weight excluding hydrogens is 278 g/mol. The second-order valence-electron chi connectivity index (χ2n) is 4.80. The Morgan fingerprint density at radius 1 is 1.29 bits per heavy atom. The first-order valence-electron chi connectivity index (χ1n) is 6.51. The second-order valence-corrected chi connectivity index (χ2v) is 4.80. The maximum absolute atomic E-state index is 12.1. The Kier molecular flexibility index (Phi) is 4.36. The first-order chi connectivity index (χ1) is 9.99. The minimum atomic E-state index is -0.853. The summed E-state index contributed by atoms with van der Waals surface area (Å²) >= 11 is 0. The summed E-state index contributed by atoms with van der Waals surface area (Å²) in [6, 6.07) is 5.44. The molecule has 1 aliphatic heterocycles. The third-order valence-corrected chi connectivity index (χ3v) is 3.47. The Bertz CT molecular complexity index is 567. The molecule has 0 aliphatic carbocycles. The number of amides is 2. The molecule has 0 radical (unpaired) electrons. The van der Waals surface area contributed by atoms with Crippen LogP contribution in [0.4, 0.5) is 16.2 Å². The smallest absolute Gasteiger partial charge is 0.322 e. The number of piperidine rings is 1. The number of urea groups is 1. The second kappa shape index (κ2) is 6.21. The third kappa shape index (κ3) is 3.47. The number of carbonyl (C=O) groups excluding carboxylic acids is 1. The number of carboxylic acids is 1. The molecule has 8 heteroatoms. The highest BCUT2D eigenvalue weighted by atomic mass is 16.6. The summed E-state index contributed by atoms with van der Waals surface area (Å²) in [5, 5.41) is 22.3. The van der Waals surface area contributed by atoms with E-state index in [4.69, 9.17) is 5.11 Å². The van der Waals surface area contributed by atoms with Gasteiger partial charge in [0.1, 0.15) is 5.69 Å². The number of para-hydroxylation sites is 2. The van der Waals surface area contributed by atoms with Gasteiger partial charge in [0.05, 0.1) is 10.8 Å². The van der Waals surface area contributed by atoms with Crippen molar-refractivity contribution in [3.8, 4) is 0 Å². The molecule has 2 amide bonds. The molecule has 112 valence electrons. The number of hydrogen-bond acceptors (Lipinski definition) is 4. The SMILES string of the molecule is O=C(O)C1CCN(C(=O)Nc2ccccc2[N+](=O)[O-])CC1. The van der Waals surface area contributed by atoms with Crippen molar-refractivity contribution in [2.45, 2.75) is 12.8 Å². The maximum Gasteiger partial charge on any atom is 0.322 e. The van der Waals surface area contributed by atoms with Crippen LogP contribution in [0.1, 0.15) is 12.8 Å². The molecule has 2 rings (SSSR count). The Balaban J connectivity index is 2.00. The van der Waals surface area contributed by atoms with Crippen molar-refractivity contribution < 1.29 is 19.6 Å². The van der Waals surface area contributed by atoms with Gasteiger partial charge in [0, 0.05) is 19.2 Å². The van der Waals surface area contributed by atoms with Crippen LogP contribution in [0.25, 0.3) is 0 Å². The molecule has 0 atom stereocenters. The normalized spacial score (nSPS) is 15.5. The van der Waals surface area contributed by atoms with Gasteiger partial charge in [-0.2, -0.15) is 0 Å². The van der Waals surface area contributed by atoms with Crippen LogP contribution in [0.3, 0.4) is 0 Å². The van der Waals surface area contributed by atoms with Gasteiger partial charge in [-0.15, -0.1) is 0 Å². The Morgan fingerprint density at radius 2 is 1.90 bits per heavy atom. The van der Waals surface area contributed by atoms with Gasteiger partial charge in [-0.05, 0) is 18.9 Å². The summed E-state index contributed by atoms with van der Waals surface area (Å²) < 4.78 is 0. The molecule has 0 saturated carbocycles. The van der Waals surface area contributed by atoms with Gasteiger partial charge < -0.3 is 15.3 Å². The fourth-order valence-corrected chi connectivity index (χ4v) is 2.26. The summed E-state index contributed by atoms with van der Waals surface area (Å²) in [7, 11) is 0. The highest BCUT2D eigenvalue weighted by molar-refractivity contribution is 5.92. The monoisotopic (exact) mass is 293 g/mol. The number of hydrogen-bond donors (Lipinski definition) is 2. The number of aliphatic carboxylic acids is 1. The molecule has 21 heavy (non-hydrogen) atoms. The van der Waals surface area contributed by atoms with E-state index in [1.165, 1.54) is 23.1 Å². The Morgan fingerprint density at radius 3 is 2.48 bits per heavy atom. The van der Waals surface area contributed by atoms with E-state index < -0.39 is 22.8 Å². The summed E-state index contributed by atoms with van der Waals surface area (Å²) in [4.78, 5) is 34.7. The molecule has 8 nitrogen and oxygen atoms in total. The third-order valence-electron chi connectivity index (χ3n) is 3.47. The van der Waals surface area contributed by atoms with Gasteiger partial charge in [-0.1, -0.05) is 12.1 Å².